The van der Waals surface area contributed by atoms with Crippen LogP contribution in [0.5, 0.6) is 0 Å². The van der Waals surface area contributed by atoms with Gasteiger partial charge in [0, 0.05) is 30.7 Å². The van der Waals surface area contributed by atoms with E-state index in [1.165, 1.54) is 0 Å². The molecule has 8 nitrogen and oxygen atoms in total. The minimum Gasteiger partial charge on any atom is -0.477 e. The molecule has 1 saturated heterocycles. The Balaban J connectivity index is 1.60. The molecule has 5 rings (SSSR count). The molecule has 0 spiro atoms. The van der Waals surface area contributed by atoms with Crippen LogP contribution in [0.1, 0.15) is 68.4 Å². The maximum Gasteiger partial charge on any atom is 0.341 e. The van der Waals surface area contributed by atoms with E-state index in [2.05, 4.69) is 6.92 Å². The first-order valence-corrected chi connectivity index (χ1v) is 13.9. The maximum absolute atomic E-state index is 14.1. The summed E-state index contributed by atoms with van der Waals surface area (Å²) in [5.74, 6) is 0.213. The van der Waals surface area contributed by atoms with E-state index in [0.29, 0.717) is 60.6 Å². The highest BCUT2D eigenvalue weighted by atomic mass is 35.5. The van der Waals surface area contributed by atoms with Gasteiger partial charge in [0.1, 0.15) is 11.3 Å². The summed E-state index contributed by atoms with van der Waals surface area (Å²) in [6.07, 6.45) is 6.92. The summed E-state index contributed by atoms with van der Waals surface area (Å²) >= 11 is 6.63. The number of hydrogen-bond donors (Lipinski definition) is 1. The van der Waals surface area contributed by atoms with Crippen molar-refractivity contribution >= 4 is 29.3 Å². The van der Waals surface area contributed by atoms with Crippen molar-refractivity contribution in [1.29, 1.82) is 0 Å². The molecular weight excluding hydrogens is 506 g/mol. The molecule has 1 N–H and O–H groups in total. The number of aromatic nitrogens is 2. The summed E-state index contributed by atoms with van der Waals surface area (Å²) in [4.78, 5) is 28.5. The van der Waals surface area contributed by atoms with E-state index in [4.69, 9.17) is 25.9 Å². The highest BCUT2D eigenvalue weighted by Gasteiger charge is 2.38. The van der Waals surface area contributed by atoms with Crippen LogP contribution in [-0.2, 0) is 16.0 Å². The summed E-state index contributed by atoms with van der Waals surface area (Å²) < 4.78 is 12.7. The fraction of sp³-hybridized carbons (Fsp3) is 0.483. The average Bonchev–Trinajstić information content (AvgIpc) is 3.58. The van der Waals surface area contributed by atoms with Gasteiger partial charge >= 0.3 is 5.97 Å². The van der Waals surface area contributed by atoms with Crippen molar-refractivity contribution in [3.05, 3.63) is 52.9 Å². The van der Waals surface area contributed by atoms with Crippen molar-refractivity contribution in [2.75, 3.05) is 18.1 Å². The molecule has 1 saturated carbocycles. The van der Waals surface area contributed by atoms with E-state index in [-0.39, 0.29) is 29.2 Å². The molecule has 9 heteroatoms. The minimum absolute atomic E-state index is 0.0233. The van der Waals surface area contributed by atoms with Crippen LogP contribution in [0.2, 0.25) is 5.02 Å². The van der Waals surface area contributed by atoms with Crippen molar-refractivity contribution < 1.29 is 23.8 Å². The van der Waals surface area contributed by atoms with Crippen molar-refractivity contribution in [3.63, 3.8) is 0 Å². The molecule has 0 unspecified atom stereocenters. The number of carboxylic acid groups (broad SMARTS) is 1. The molecule has 38 heavy (non-hydrogen) atoms. The summed E-state index contributed by atoms with van der Waals surface area (Å²) in [5.41, 5.74) is 1.95. The van der Waals surface area contributed by atoms with Crippen LogP contribution in [0.15, 0.2) is 41.0 Å². The topological polar surface area (TPSA) is 97.8 Å². The molecule has 0 bridgehead atoms. The van der Waals surface area contributed by atoms with Crippen LogP contribution in [0, 0.1) is 11.8 Å². The first-order chi connectivity index (χ1) is 18.4. The Labute approximate surface area is 227 Å². The quantitative estimate of drug-likeness (QED) is 0.374. The molecule has 1 aromatic carbocycles. The van der Waals surface area contributed by atoms with E-state index < -0.39 is 5.97 Å². The number of rotatable bonds is 7. The molecule has 3 aromatic rings. The summed E-state index contributed by atoms with van der Waals surface area (Å²) in [5, 5.41) is 15.7. The first kappa shape index (κ1) is 26.5. The second kappa shape index (κ2) is 11.3. The molecule has 2 aliphatic rings. The van der Waals surface area contributed by atoms with Gasteiger partial charge in [-0.3, -0.25) is 9.69 Å². The number of nitrogens with zero attached hydrogens (tertiary/aromatic N) is 3. The Morgan fingerprint density at radius 1 is 1.13 bits per heavy atom. The van der Waals surface area contributed by atoms with E-state index in [0.717, 1.165) is 31.2 Å². The van der Waals surface area contributed by atoms with Gasteiger partial charge in [-0.1, -0.05) is 25.4 Å². The molecule has 2 aromatic heterocycles. The monoisotopic (exact) mass is 539 g/mol. The van der Waals surface area contributed by atoms with E-state index in [9.17, 15) is 14.7 Å². The Kier molecular flexibility index (Phi) is 7.91. The summed E-state index contributed by atoms with van der Waals surface area (Å²) in [6, 6.07) is 8.89. The Bertz CT molecular complexity index is 1290. The second-order valence-corrected chi connectivity index (χ2v) is 10.8. The van der Waals surface area contributed by atoms with Crippen molar-refractivity contribution in [3.8, 4) is 17.0 Å². The number of halogens is 1. The lowest BCUT2D eigenvalue weighted by Gasteiger charge is -2.37. The normalized spacial score (nSPS) is 20.4. The lowest BCUT2D eigenvalue weighted by atomic mass is 9.82. The van der Waals surface area contributed by atoms with Crippen molar-refractivity contribution in [2.45, 2.75) is 64.8 Å². The molecule has 3 heterocycles. The van der Waals surface area contributed by atoms with Crippen LogP contribution in [0.25, 0.3) is 17.0 Å². The summed E-state index contributed by atoms with van der Waals surface area (Å²) in [6.45, 7) is 5.18. The number of carboxylic acids is 1. The number of ether oxygens (including phenoxy) is 1. The zero-order valence-electron chi connectivity index (χ0n) is 21.9. The van der Waals surface area contributed by atoms with Crippen molar-refractivity contribution in [2.24, 2.45) is 11.8 Å². The van der Waals surface area contributed by atoms with Gasteiger partial charge in [0.05, 0.1) is 22.7 Å². The second-order valence-electron chi connectivity index (χ2n) is 10.4. The zero-order valence-corrected chi connectivity index (χ0v) is 22.6. The highest BCUT2D eigenvalue weighted by Crippen LogP contribution is 2.37. The van der Waals surface area contributed by atoms with Crippen LogP contribution in [-0.4, -0.2) is 46.0 Å². The van der Waals surface area contributed by atoms with Crippen LogP contribution in [0.4, 0.5) is 5.82 Å². The maximum atomic E-state index is 14.1. The van der Waals surface area contributed by atoms with Gasteiger partial charge in [-0.2, -0.15) is 0 Å². The lowest BCUT2D eigenvalue weighted by Crippen LogP contribution is -2.47. The van der Waals surface area contributed by atoms with Crippen molar-refractivity contribution in [1.82, 2.24) is 9.78 Å². The Morgan fingerprint density at radius 3 is 2.47 bits per heavy atom. The number of furan rings is 1. The molecule has 0 radical (unpaired) electrons. The number of hydrogen-bond acceptors (Lipinski definition) is 5. The average molecular weight is 540 g/mol. The smallest absolute Gasteiger partial charge is 0.341 e. The standard InChI is InChI=1S/C29H34ClN3O5/c1-3-24-26(29(35)36)27(31-33(24)21-10-11-22(23(30)17-21)25-5-4-14-38-25)32(20-12-15-37-16-13-20)28(34)19-8-6-18(2)7-9-19/h4-5,10-11,14,17-20H,3,6-9,12-13,15-16H2,1-2H3,(H,35,36). The van der Waals surface area contributed by atoms with E-state index in [1.807, 2.05) is 25.1 Å². The lowest BCUT2D eigenvalue weighted by molar-refractivity contribution is -0.124. The number of carbonyl (C=O) groups is 2. The molecule has 1 amide bonds. The van der Waals surface area contributed by atoms with Gasteiger partial charge in [0.15, 0.2) is 5.82 Å². The minimum atomic E-state index is -1.09. The number of carbonyl (C=O) groups excluding carboxylic acids is 1. The summed E-state index contributed by atoms with van der Waals surface area (Å²) in [7, 11) is 0. The van der Waals surface area contributed by atoms with Gasteiger partial charge in [-0.05, 0) is 81.2 Å². The van der Waals surface area contributed by atoms with Gasteiger partial charge in [-0.15, -0.1) is 5.10 Å². The number of amides is 1. The predicted molar refractivity (Wildman–Crippen MR) is 145 cm³/mol. The number of anilines is 1. The third-order valence-electron chi connectivity index (χ3n) is 7.88. The van der Waals surface area contributed by atoms with Gasteiger partial charge in [0.2, 0.25) is 5.91 Å². The third-order valence-corrected chi connectivity index (χ3v) is 8.19. The van der Waals surface area contributed by atoms with Gasteiger partial charge in [-0.25, -0.2) is 9.48 Å². The van der Waals surface area contributed by atoms with E-state index in [1.54, 1.807) is 28.0 Å². The molecule has 1 aliphatic carbocycles. The molecule has 1 aliphatic heterocycles. The fourth-order valence-corrected chi connectivity index (χ4v) is 6.01. The number of aromatic carboxylic acids is 1. The predicted octanol–water partition coefficient (Wildman–Crippen LogP) is 6.38. The molecular formula is C29H34ClN3O5. The molecule has 2 fully saturated rings. The zero-order chi connectivity index (χ0) is 26.8. The van der Waals surface area contributed by atoms with Crippen LogP contribution >= 0.6 is 11.6 Å². The fourth-order valence-electron chi connectivity index (χ4n) is 5.74. The van der Waals surface area contributed by atoms with E-state index >= 15 is 0 Å². The largest absolute Gasteiger partial charge is 0.477 e. The first-order valence-electron chi connectivity index (χ1n) is 13.5. The SMILES string of the molecule is CCc1c(C(=O)O)c(N(C(=O)C2CCC(C)CC2)C2CCOCC2)nn1-c1ccc(-c2ccco2)c(Cl)c1. The number of benzene rings is 1. The third kappa shape index (κ3) is 5.12. The van der Waals surface area contributed by atoms with Gasteiger partial charge < -0.3 is 14.3 Å². The van der Waals surface area contributed by atoms with Crippen LogP contribution < -0.4 is 4.90 Å². The van der Waals surface area contributed by atoms with Crippen LogP contribution in [0.3, 0.4) is 0 Å². The van der Waals surface area contributed by atoms with Gasteiger partial charge in [0.25, 0.3) is 0 Å². The molecule has 202 valence electrons. The highest BCUT2D eigenvalue weighted by molar-refractivity contribution is 6.33. The Hall–Kier alpha value is -3.10. The Morgan fingerprint density at radius 2 is 1.87 bits per heavy atom. The molecule has 0 atom stereocenters.